The normalized spacial score (nSPS) is 10.9. The Morgan fingerprint density at radius 1 is 1.35 bits per heavy atom. The van der Waals surface area contributed by atoms with Gasteiger partial charge < -0.3 is 9.72 Å². The number of nitrogens with one attached hydrogen (secondary N) is 1. The van der Waals surface area contributed by atoms with Gasteiger partial charge in [-0.1, -0.05) is 25.4 Å². The average molecular weight is 293 g/mol. The summed E-state index contributed by atoms with van der Waals surface area (Å²) in [6.45, 7) is 5.79. The summed E-state index contributed by atoms with van der Waals surface area (Å²) < 4.78 is 5.29. The highest BCUT2D eigenvalue weighted by Crippen LogP contribution is 2.30. The van der Waals surface area contributed by atoms with Crippen molar-refractivity contribution >= 4 is 11.6 Å². The van der Waals surface area contributed by atoms with Gasteiger partial charge in [-0.2, -0.15) is 0 Å². The number of rotatable bonds is 3. The van der Waals surface area contributed by atoms with Crippen molar-refractivity contribution in [2.75, 3.05) is 7.11 Å². The average Bonchev–Trinajstić information content (AvgIpc) is 2.37. The molecule has 1 aromatic heterocycles. The van der Waals surface area contributed by atoms with E-state index in [1.807, 2.05) is 20.8 Å². The van der Waals surface area contributed by atoms with Crippen LogP contribution in [-0.2, 0) is 0 Å². The van der Waals surface area contributed by atoms with Gasteiger partial charge in [0.15, 0.2) is 0 Å². The molecule has 0 aliphatic rings. The second-order valence-electron chi connectivity index (χ2n) is 4.91. The molecule has 2 aromatic rings. The Bertz CT molecular complexity index is 693. The van der Waals surface area contributed by atoms with Crippen LogP contribution in [0.2, 0.25) is 5.02 Å². The molecule has 0 saturated heterocycles. The maximum atomic E-state index is 12.2. The smallest absolute Gasteiger partial charge is 0.254 e. The summed E-state index contributed by atoms with van der Waals surface area (Å²) in [6, 6.07) is 5.22. The van der Waals surface area contributed by atoms with E-state index in [9.17, 15) is 4.79 Å². The number of benzene rings is 1. The molecule has 1 N–H and O–H groups in total. The van der Waals surface area contributed by atoms with Gasteiger partial charge >= 0.3 is 0 Å². The van der Waals surface area contributed by atoms with Crippen LogP contribution in [-0.4, -0.2) is 17.1 Å². The minimum absolute atomic E-state index is 0.112. The van der Waals surface area contributed by atoms with Crippen LogP contribution in [0, 0.1) is 6.92 Å². The van der Waals surface area contributed by atoms with E-state index in [0.717, 1.165) is 5.69 Å². The third-order valence-electron chi connectivity index (χ3n) is 3.14. The SMILES string of the molecule is COc1cc(Cl)ccc1-c1nc(C)c(C(C)C)c(=O)[nH]1. The van der Waals surface area contributed by atoms with E-state index in [4.69, 9.17) is 16.3 Å². The van der Waals surface area contributed by atoms with E-state index in [2.05, 4.69) is 9.97 Å². The van der Waals surface area contributed by atoms with Gasteiger partial charge in [-0.15, -0.1) is 0 Å². The van der Waals surface area contributed by atoms with Crippen molar-refractivity contribution in [2.24, 2.45) is 0 Å². The lowest BCUT2D eigenvalue weighted by Gasteiger charge is -2.12. The second-order valence-corrected chi connectivity index (χ2v) is 5.35. The van der Waals surface area contributed by atoms with Crippen molar-refractivity contribution in [3.63, 3.8) is 0 Å². The summed E-state index contributed by atoms with van der Waals surface area (Å²) in [5, 5.41) is 0.573. The van der Waals surface area contributed by atoms with Gasteiger partial charge in [0.2, 0.25) is 0 Å². The van der Waals surface area contributed by atoms with E-state index in [1.165, 1.54) is 0 Å². The fourth-order valence-electron chi connectivity index (χ4n) is 2.26. The molecule has 1 heterocycles. The van der Waals surface area contributed by atoms with E-state index in [0.29, 0.717) is 27.7 Å². The Morgan fingerprint density at radius 2 is 2.05 bits per heavy atom. The number of aromatic amines is 1. The Balaban J connectivity index is 2.63. The summed E-state index contributed by atoms with van der Waals surface area (Å²) >= 11 is 5.94. The van der Waals surface area contributed by atoms with Crippen LogP contribution < -0.4 is 10.3 Å². The number of ether oxygens (including phenoxy) is 1. The number of nitrogens with zero attached hydrogens (tertiary/aromatic N) is 1. The summed E-state index contributed by atoms with van der Waals surface area (Å²) in [5.41, 5.74) is 2.05. The van der Waals surface area contributed by atoms with Gasteiger partial charge in [0, 0.05) is 16.3 Å². The zero-order valence-electron chi connectivity index (χ0n) is 12.0. The van der Waals surface area contributed by atoms with Crippen LogP contribution in [0.4, 0.5) is 0 Å². The number of methoxy groups -OCH3 is 1. The molecule has 4 nitrogen and oxygen atoms in total. The third-order valence-corrected chi connectivity index (χ3v) is 3.38. The van der Waals surface area contributed by atoms with Crippen LogP contribution >= 0.6 is 11.6 Å². The number of H-pyrrole nitrogens is 1. The molecule has 1 aromatic carbocycles. The van der Waals surface area contributed by atoms with Gasteiger partial charge in [-0.3, -0.25) is 4.79 Å². The maximum Gasteiger partial charge on any atom is 0.254 e. The molecule has 5 heteroatoms. The molecule has 0 atom stereocenters. The molecule has 0 radical (unpaired) electrons. The topological polar surface area (TPSA) is 55.0 Å². The Labute approximate surface area is 122 Å². The molecule has 20 heavy (non-hydrogen) atoms. The lowest BCUT2D eigenvalue weighted by molar-refractivity contribution is 0.416. The molecule has 0 unspecified atom stereocenters. The molecular weight excluding hydrogens is 276 g/mol. The van der Waals surface area contributed by atoms with Crippen molar-refractivity contribution < 1.29 is 4.74 Å². The van der Waals surface area contributed by atoms with Crippen LogP contribution in [0.5, 0.6) is 5.75 Å². The summed E-state index contributed by atoms with van der Waals surface area (Å²) in [4.78, 5) is 19.5. The van der Waals surface area contributed by atoms with Gasteiger partial charge in [-0.25, -0.2) is 4.98 Å². The molecule has 2 rings (SSSR count). The molecule has 0 fully saturated rings. The standard InChI is InChI=1S/C15H17ClN2O2/c1-8(2)13-9(3)17-14(18-15(13)19)11-6-5-10(16)7-12(11)20-4/h5-8H,1-4H3,(H,17,18,19). The zero-order valence-corrected chi connectivity index (χ0v) is 12.7. The number of aryl methyl sites for hydroxylation is 1. The van der Waals surface area contributed by atoms with E-state index < -0.39 is 0 Å². The molecule has 0 saturated carbocycles. The molecule has 0 aliphatic heterocycles. The maximum absolute atomic E-state index is 12.2. The van der Waals surface area contributed by atoms with Crippen molar-refractivity contribution in [2.45, 2.75) is 26.7 Å². The van der Waals surface area contributed by atoms with Crippen molar-refractivity contribution in [3.05, 3.63) is 44.8 Å². The number of hydrogen-bond donors (Lipinski definition) is 1. The Kier molecular flexibility index (Phi) is 4.14. The molecule has 0 aliphatic carbocycles. The fraction of sp³-hybridized carbons (Fsp3) is 0.333. The highest BCUT2D eigenvalue weighted by atomic mass is 35.5. The lowest BCUT2D eigenvalue weighted by atomic mass is 10.0. The lowest BCUT2D eigenvalue weighted by Crippen LogP contribution is -2.18. The predicted octanol–water partition coefficient (Wildman–Crippen LogP) is 3.53. The minimum atomic E-state index is -0.112. The summed E-state index contributed by atoms with van der Waals surface area (Å²) in [5.74, 6) is 1.20. The van der Waals surface area contributed by atoms with E-state index >= 15 is 0 Å². The molecule has 106 valence electrons. The Hall–Kier alpha value is -1.81. The van der Waals surface area contributed by atoms with Gasteiger partial charge in [-0.05, 0) is 31.0 Å². The molecular formula is C15H17ClN2O2. The molecule has 0 amide bonds. The summed E-state index contributed by atoms with van der Waals surface area (Å²) in [6.07, 6.45) is 0. The van der Waals surface area contributed by atoms with Crippen LogP contribution in [0.1, 0.15) is 31.0 Å². The zero-order chi connectivity index (χ0) is 14.9. The first kappa shape index (κ1) is 14.6. The quantitative estimate of drug-likeness (QED) is 0.941. The van der Waals surface area contributed by atoms with Crippen molar-refractivity contribution in [1.82, 2.24) is 9.97 Å². The largest absolute Gasteiger partial charge is 0.496 e. The molecule has 0 spiro atoms. The van der Waals surface area contributed by atoms with Crippen LogP contribution in [0.3, 0.4) is 0 Å². The van der Waals surface area contributed by atoms with Gasteiger partial charge in [0.1, 0.15) is 11.6 Å². The first-order chi connectivity index (χ1) is 9.43. The first-order valence-electron chi connectivity index (χ1n) is 6.38. The number of hydrogen-bond acceptors (Lipinski definition) is 3. The van der Waals surface area contributed by atoms with Crippen LogP contribution in [0.25, 0.3) is 11.4 Å². The molecule has 0 bridgehead atoms. The highest BCUT2D eigenvalue weighted by Gasteiger charge is 2.15. The predicted molar refractivity (Wildman–Crippen MR) is 80.7 cm³/mol. The minimum Gasteiger partial charge on any atom is -0.496 e. The highest BCUT2D eigenvalue weighted by molar-refractivity contribution is 6.30. The monoisotopic (exact) mass is 292 g/mol. The fourth-order valence-corrected chi connectivity index (χ4v) is 2.43. The Morgan fingerprint density at radius 3 is 2.60 bits per heavy atom. The number of aromatic nitrogens is 2. The summed E-state index contributed by atoms with van der Waals surface area (Å²) in [7, 11) is 1.56. The third kappa shape index (κ3) is 2.70. The van der Waals surface area contributed by atoms with Gasteiger partial charge in [0.05, 0.1) is 12.7 Å². The van der Waals surface area contributed by atoms with Gasteiger partial charge in [0.25, 0.3) is 5.56 Å². The second kappa shape index (κ2) is 5.67. The first-order valence-corrected chi connectivity index (χ1v) is 6.76. The van der Waals surface area contributed by atoms with E-state index in [-0.39, 0.29) is 11.5 Å². The van der Waals surface area contributed by atoms with Crippen LogP contribution in [0.15, 0.2) is 23.0 Å². The number of halogens is 1. The van der Waals surface area contributed by atoms with Crippen molar-refractivity contribution in [3.8, 4) is 17.1 Å². The van der Waals surface area contributed by atoms with E-state index in [1.54, 1.807) is 25.3 Å². The van der Waals surface area contributed by atoms with Crippen molar-refractivity contribution in [1.29, 1.82) is 0 Å².